The van der Waals surface area contributed by atoms with E-state index in [4.69, 9.17) is 10.5 Å². The van der Waals surface area contributed by atoms with Gasteiger partial charge in [0.05, 0.1) is 19.7 Å². The molecule has 1 unspecified atom stereocenters. The lowest BCUT2D eigenvalue weighted by Gasteiger charge is -2.24. The third kappa shape index (κ3) is 9.61. The molecule has 1 aliphatic rings. The smallest absolute Gasteiger partial charge is 0.319 e. The summed E-state index contributed by atoms with van der Waals surface area (Å²) in [5.41, 5.74) is 9.57. The van der Waals surface area contributed by atoms with Crippen LogP contribution in [0.25, 0.3) is 10.8 Å². The van der Waals surface area contributed by atoms with E-state index in [1.807, 2.05) is 31.2 Å². The Balaban J connectivity index is 0.000000273. The number of likely N-dealkylation sites (tertiary alicyclic amines) is 1. The highest BCUT2D eigenvalue weighted by molar-refractivity contribution is 5.91. The van der Waals surface area contributed by atoms with Crippen LogP contribution >= 0.6 is 0 Å². The standard InChI is InChI=1S/C22H29N5O4.C14H14/c1-2-10-31-20(29)14-24-13-19(28)27-9-3-4-18(27)22(30)26-12-15-5-6-17-16(11-15)7-8-25-21(17)23;1-12(13-8-4-2-5-9-13)14-10-6-3-7-11-14/h5-8,11,18,24H,2-4,9-10,12-14H2,1H3,(H2,23,25)(H,26,30);2-12H,1H3. The summed E-state index contributed by atoms with van der Waals surface area (Å²) in [6, 6.07) is 28.3. The van der Waals surface area contributed by atoms with Crippen LogP contribution in [0.5, 0.6) is 0 Å². The monoisotopic (exact) mass is 609 g/mol. The summed E-state index contributed by atoms with van der Waals surface area (Å²) in [4.78, 5) is 42.4. The first kappa shape index (κ1) is 33.1. The Hall–Kier alpha value is -4.76. The van der Waals surface area contributed by atoms with Crippen molar-refractivity contribution >= 4 is 34.4 Å². The molecule has 0 radical (unpaired) electrons. The van der Waals surface area contributed by atoms with Gasteiger partial charge in [0.25, 0.3) is 0 Å². The lowest BCUT2D eigenvalue weighted by molar-refractivity contribution is -0.143. The van der Waals surface area contributed by atoms with E-state index >= 15 is 0 Å². The largest absolute Gasteiger partial charge is 0.465 e. The van der Waals surface area contributed by atoms with Gasteiger partial charge in [-0.25, -0.2) is 4.98 Å². The first-order valence-electron chi connectivity index (χ1n) is 15.5. The van der Waals surface area contributed by atoms with Crippen LogP contribution in [0.4, 0.5) is 5.82 Å². The van der Waals surface area contributed by atoms with Gasteiger partial charge >= 0.3 is 5.97 Å². The van der Waals surface area contributed by atoms with Gasteiger partial charge in [-0.15, -0.1) is 0 Å². The van der Waals surface area contributed by atoms with Gasteiger partial charge in [-0.3, -0.25) is 19.7 Å². The Morgan fingerprint density at radius 1 is 0.978 bits per heavy atom. The first-order chi connectivity index (χ1) is 21.9. The third-order valence-corrected chi connectivity index (χ3v) is 7.81. The van der Waals surface area contributed by atoms with Crippen molar-refractivity contribution < 1.29 is 19.1 Å². The van der Waals surface area contributed by atoms with Gasteiger partial charge in [0, 0.05) is 30.6 Å². The molecule has 3 aromatic carbocycles. The van der Waals surface area contributed by atoms with Gasteiger partial charge in [0.2, 0.25) is 11.8 Å². The summed E-state index contributed by atoms with van der Waals surface area (Å²) in [5.74, 6) is 0.188. The van der Waals surface area contributed by atoms with Crippen molar-refractivity contribution in [2.75, 3.05) is 32.0 Å². The molecule has 4 aromatic rings. The minimum atomic E-state index is -0.498. The quantitative estimate of drug-likeness (QED) is 0.209. The van der Waals surface area contributed by atoms with Gasteiger partial charge in [0.15, 0.2) is 0 Å². The third-order valence-electron chi connectivity index (χ3n) is 7.81. The number of nitrogens with one attached hydrogen (secondary N) is 2. The van der Waals surface area contributed by atoms with Crippen LogP contribution in [0, 0.1) is 0 Å². The predicted molar refractivity (Wildman–Crippen MR) is 177 cm³/mol. The maximum Gasteiger partial charge on any atom is 0.319 e. The molecular weight excluding hydrogens is 566 g/mol. The second kappa shape index (κ2) is 16.9. The Kier molecular flexibility index (Phi) is 12.5. The lowest BCUT2D eigenvalue weighted by Crippen LogP contribution is -2.48. The zero-order chi connectivity index (χ0) is 32.0. The van der Waals surface area contributed by atoms with E-state index in [1.165, 1.54) is 11.1 Å². The molecule has 4 N–H and O–H groups in total. The molecule has 9 heteroatoms. The first-order valence-corrected chi connectivity index (χ1v) is 15.5. The van der Waals surface area contributed by atoms with Crippen molar-refractivity contribution in [2.45, 2.75) is 51.6 Å². The van der Waals surface area contributed by atoms with E-state index in [-0.39, 0.29) is 24.9 Å². The Bertz CT molecular complexity index is 1510. The van der Waals surface area contributed by atoms with E-state index in [9.17, 15) is 14.4 Å². The van der Waals surface area contributed by atoms with Gasteiger partial charge in [0.1, 0.15) is 11.9 Å². The van der Waals surface area contributed by atoms with Crippen LogP contribution in [0.3, 0.4) is 0 Å². The van der Waals surface area contributed by atoms with Crippen LogP contribution in [0.2, 0.25) is 0 Å². The fourth-order valence-electron chi connectivity index (χ4n) is 5.32. The van der Waals surface area contributed by atoms with Crippen molar-refractivity contribution in [3.8, 4) is 0 Å². The van der Waals surface area contributed by atoms with Gasteiger partial charge < -0.3 is 20.7 Å². The zero-order valence-corrected chi connectivity index (χ0v) is 26.1. The number of nitrogens with two attached hydrogens (primary N) is 1. The Morgan fingerprint density at radius 3 is 2.33 bits per heavy atom. The summed E-state index contributed by atoms with van der Waals surface area (Å²) >= 11 is 0. The molecule has 1 saturated heterocycles. The number of amides is 2. The van der Waals surface area contributed by atoms with E-state index in [0.717, 1.165) is 29.2 Å². The Labute approximate surface area is 265 Å². The van der Waals surface area contributed by atoms with Crippen LogP contribution in [-0.4, -0.2) is 60.0 Å². The molecular formula is C36H43N5O4. The molecule has 5 rings (SSSR count). The number of fused-ring (bicyclic) bond motifs is 1. The summed E-state index contributed by atoms with van der Waals surface area (Å²) in [7, 11) is 0. The number of hydrogen-bond acceptors (Lipinski definition) is 7. The van der Waals surface area contributed by atoms with Gasteiger partial charge in [-0.05, 0) is 53.5 Å². The number of carbonyl (C=O) groups excluding carboxylic acids is 3. The number of carbonyl (C=O) groups is 3. The predicted octanol–water partition coefficient (Wildman–Crippen LogP) is 4.81. The summed E-state index contributed by atoms with van der Waals surface area (Å²) in [5, 5.41) is 7.56. The van der Waals surface area contributed by atoms with Crippen molar-refractivity contribution in [1.82, 2.24) is 20.5 Å². The van der Waals surface area contributed by atoms with Crippen molar-refractivity contribution in [3.05, 3.63) is 108 Å². The molecule has 0 aliphatic carbocycles. The van der Waals surface area contributed by atoms with Crippen molar-refractivity contribution in [1.29, 1.82) is 0 Å². The zero-order valence-electron chi connectivity index (χ0n) is 26.1. The Morgan fingerprint density at radius 2 is 1.67 bits per heavy atom. The molecule has 236 valence electrons. The SMILES string of the molecule is CC(c1ccccc1)c1ccccc1.CCCOC(=O)CNCC(=O)N1CCCC1C(=O)NCc1ccc2c(N)nccc2c1. The summed E-state index contributed by atoms with van der Waals surface area (Å²) in [6.07, 6.45) is 3.79. The molecule has 1 aliphatic heterocycles. The molecule has 9 nitrogen and oxygen atoms in total. The average molecular weight is 610 g/mol. The van der Waals surface area contributed by atoms with Crippen LogP contribution < -0.4 is 16.4 Å². The summed E-state index contributed by atoms with van der Waals surface area (Å²) in [6.45, 7) is 5.37. The lowest BCUT2D eigenvalue weighted by atomic mass is 9.93. The molecule has 1 aromatic heterocycles. The van der Waals surface area contributed by atoms with Gasteiger partial charge in [-0.2, -0.15) is 0 Å². The molecule has 0 bridgehead atoms. The second-order valence-corrected chi connectivity index (χ2v) is 11.1. The van der Waals surface area contributed by atoms with Crippen molar-refractivity contribution in [3.63, 3.8) is 0 Å². The highest BCUT2D eigenvalue weighted by atomic mass is 16.5. The molecule has 2 amide bonds. The average Bonchev–Trinajstić information content (AvgIpc) is 3.58. The molecule has 0 spiro atoms. The molecule has 45 heavy (non-hydrogen) atoms. The minimum absolute atomic E-state index is 0.00879. The van der Waals surface area contributed by atoms with Crippen molar-refractivity contribution in [2.24, 2.45) is 0 Å². The van der Waals surface area contributed by atoms with E-state index in [2.05, 4.69) is 83.2 Å². The summed E-state index contributed by atoms with van der Waals surface area (Å²) < 4.78 is 4.96. The number of anilines is 1. The molecule has 0 saturated carbocycles. The number of benzene rings is 3. The maximum absolute atomic E-state index is 12.7. The number of nitrogen functional groups attached to an aromatic ring is 1. The van der Waals surface area contributed by atoms with E-state index in [0.29, 0.717) is 37.9 Å². The molecule has 2 heterocycles. The number of esters is 1. The number of hydrogen-bond donors (Lipinski definition) is 3. The fourth-order valence-corrected chi connectivity index (χ4v) is 5.32. The van der Waals surface area contributed by atoms with Crippen LogP contribution in [-0.2, 0) is 25.7 Å². The van der Waals surface area contributed by atoms with Crippen LogP contribution in [0.15, 0.2) is 91.1 Å². The van der Waals surface area contributed by atoms with Crippen LogP contribution in [0.1, 0.15) is 55.7 Å². The fraction of sp³-hybridized carbons (Fsp3) is 0.333. The van der Waals surface area contributed by atoms with E-state index < -0.39 is 12.0 Å². The highest BCUT2D eigenvalue weighted by Gasteiger charge is 2.33. The van der Waals surface area contributed by atoms with Gasteiger partial charge in [-0.1, -0.05) is 86.6 Å². The van der Waals surface area contributed by atoms with E-state index in [1.54, 1.807) is 11.1 Å². The number of ether oxygens (including phenoxy) is 1. The highest BCUT2D eigenvalue weighted by Crippen LogP contribution is 2.23. The topological polar surface area (TPSA) is 127 Å². The maximum atomic E-state index is 12.7. The molecule has 1 fully saturated rings. The normalized spacial score (nSPS) is 14.1. The molecule has 1 atom stereocenters. The number of rotatable bonds is 11. The number of aromatic nitrogens is 1. The number of pyridine rings is 1. The second-order valence-electron chi connectivity index (χ2n) is 11.1. The number of nitrogens with zero attached hydrogens (tertiary/aromatic N) is 2. The minimum Gasteiger partial charge on any atom is -0.465 e.